The van der Waals surface area contributed by atoms with Crippen molar-refractivity contribution in [1.82, 2.24) is 0 Å². The van der Waals surface area contributed by atoms with Crippen LogP contribution in [0.25, 0.3) is 0 Å². The molecule has 1 rings (SSSR count). The molecule has 14 heavy (non-hydrogen) atoms. The summed E-state index contributed by atoms with van der Waals surface area (Å²) in [4.78, 5) is 0. The monoisotopic (exact) mass is 405 g/mol. The van der Waals surface area contributed by atoms with E-state index in [1.807, 2.05) is 18.2 Å². The number of anilines is 1. The van der Waals surface area contributed by atoms with Crippen molar-refractivity contribution in [2.75, 3.05) is 11.9 Å². The van der Waals surface area contributed by atoms with Gasteiger partial charge in [0.1, 0.15) is 0 Å². The summed E-state index contributed by atoms with van der Waals surface area (Å²) in [6.45, 7) is 0.532. The van der Waals surface area contributed by atoms with E-state index in [-0.39, 0.29) is 0 Å². The van der Waals surface area contributed by atoms with E-state index >= 15 is 0 Å². The summed E-state index contributed by atoms with van der Waals surface area (Å²) in [5.74, 6) is 0. The van der Waals surface area contributed by atoms with E-state index in [2.05, 4.69) is 43.8 Å². The standard InChI is InChI=1S/C9H7BrCl2IN/c10-8-3-7(13)1-2-9(8)14-5-6(12)4-11/h1-4,14H,5H2/b6-4+. The minimum atomic E-state index is 0.532. The maximum absolute atomic E-state index is 5.75. The third-order valence-electron chi connectivity index (χ3n) is 1.50. The average molecular weight is 407 g/mol. The molecule has 76 valence electrons. The lowest BCUT2D eigenvalue weighted by Gasteiger charge is -2.07. The molecule has 1 aromatic rings. The Morgan fingerprint density at radius 1 is 1.57 bits per heavy atom. The van der Waals surface area contributed by atoms with Gasteiger partial charge in [-0.3, -0.25) is 0 Å². The highest BCUT2D eigenvalue weighted by Gasteiger charge is 2.00. The molecule has 0 heterocycles. The molecule has 0 atom stereocenters. The predicted octanol–water partition coefficient (Wildman–Crippen LogP) is 4.78. The van der Waals surface area contributed by atoms with Gasteiger partial charge in [0.2, 0.25) is 0 Å². The van der Waals surface area contributed by atoms with Crippen molar-refractivity contribution < 1.29 is 0 Å². The molecule has 0 unspecified atom stereocenters. The Morgan fingerprint density at radius 3 is 2.86 bits per heavy atom. The van der Waals surface area contributed by atoms with Crippen LogP contribution in [0.5, 0.6) is 0 Å². The molecule has 0 aliphatic heterocycles. The first-order valence-corrected chi connectivity index (χ1v) is 6.46. The van der Waals surface area contributed by atoms with Gasteiger partial charge in [-0.25, -0.2) is 0 Å². The fraction of sp³-hybridized carbons (Fsp3) is 0.111. The highest BCUT2D eigenvalue weighted by atomic mass is 127. The third kappa shape index (κ3) is 3.96. The Morgan fingerprint density at radius 2 is 2.29 bits per heavy atom. The lowest BCUT2D eigenvalue weighted by Crippen LogP contribution is -2.01. The van der Waals surface area contributed by atoms with Crippen molar-refractivity contribution in [2.45, 2.75) is 0 Å². The second-order valence-corrected chi connectivity index (χ2v) is 5.34. The highest BCUT2D eigenvalue weighted by molar-refractivity contribution is 14.1. The predicted molar refractivity (Wildman–Crippen MR) is 75.1 cm³/mol. The van der Waals surface area contributed by atoms with Crippen molar-refractivity contribution in [3.05, 3.63) is 36.8 Å². The summed E-state index contributed by atoms with van der Waals surface area (Å²) in [5.41, 5.74) is 2.36. The lowest BCUT2D eigenvalue weighted by atomic mass is 10.3. The topological polar surface area (TPSA) is 12.0 Å². The minimum Gasteiger partial charge on any atom is -0.379 e. The first kappa shape index (κ1) is 12.6. The van der Waals surface area contributed by atoms with Gasteiger partial charge in [-0.2, -0.15) is 0 Å². The van der Waals surface area contributed by atoms with Gasteiger partial charge in [-0.1, -0.05) is 23.2 Å². The van der Waals surface area contributed by atoms with Gasteiger partial charge in [0.15, 0.2) is 0 Å². The largest absolute Gasteiger partial charge is 0.379 e. The number of nitrogens with one attached hydrogen (secondary N) is 1. The molecule has 0 saturated carbocycles. The Kier molecular flexibility index (Phi) is 5.59. The molecule has 0 saturated heterocycles. The Balaban J connectivity index is 2.68. The van der Waals surface area contributed by atoms with Crippen molar-refractivity contribution in [2.24, 2.45) is 0 Å². The van der Waals surface area contributed by atoms with Crippen LogP contribution in [0.4, 0.5) is 5.69 Å². The summed E-state index contributed by atoms with van der Waals surface area (Å²) in [6.07, 6.45) is 0. The van der Waals surface area contributed by atoms with Gasteiger partial charge in [-0.05, 0) is 56.7 Å². The smallest absolute Gasteiger partial charge is 0.0517 e. The van der Waals surface area contributed by atoms with Crippen LogP contribution >= 0.6 is 61.7 Å². The van der Waals surface area contributed by atoms with Crippen molar-refractivity contribution in [3.8, 4) is 0 Å². The third-order valence-corrected chi connectivity index (χ3v) is 3.44. The number of benzene rings is 1. The Hall–Kier alpha value is 0.550. The fourth-order valence-corrected chi connectivity index (χ4v) is 2.43. The molecular weight excluding hydrogens is 400 g/mol. The highest BCUT2D eigenvalue weighted by Crippen LogP contribution is 2.24. The van der Waals surface area contributed by atoms with Crippen molar-refractivity contribution in [1.29, 1.82) is 0 Å². The maximum Gasteiger partial charge on any atom is 0.0517 e. The lowest BCUT2D eigenvalue weighted by molar-refractivity contribution is 1.30. The number of hydrogen-bond acceptors (Lipinski definition) is 1. The zero-order chi connectivity index (χ0) is 10.6. The van der Waals surface area contributed by atoms with Gasteiger partial charge in [0.05, 0.1) is 6.54 Å². The summed E-state index contributed by atoms with van der Waals surface area (Å²) < 4.78 is 2.20. The minimum absolute atomic E-state index is 0.532. The summed E-state index contributed by atoms with van der Waals surface area (Å²) >= 11 is 16.9. The van der Waals surface area contributed by atoms with Gasteiger partial charge in [0.25, 0.3) is 0 Å². The van der Waals surface area contributed by atoms with Crippen LogP contribution in [0.15, 0.2) is 33.2 Å². The maximum atomic E-state index is 5.75. The molecule has 0 radical (unpaired) electrons. The number of halogens is 4. The van der Waals surface area contributed by atoms with Crippen LogP contribution in [0.2, 0.25) is 0 Å². The van der Waals surface area contributed by atoms with Gasteiger partial charge >= 0.3 is 0 Å². The normalized spacial score (nSPS) is 11.6. The zero-order valence-corrected chi connectivity index (χ0v) is 12.3. The number of hydrogen-bond donors (Lipinski definition) is 1. The van der Waals surface area contributed by atoms with E-state index in [9.17, 15) is 0 Å². The SMILES string of the molecule is Cl/C=C(/Cl)CNc1ccc(I)cc1Br. The van der Waals surface area contributed by atoms with Crippen LogP contribution in [-0.2, 0) is 0 Å². The van der Waals surface area contributed by atoms with Gasteiger partial charge in [-0.15, -0.1) is 0 Å². The van der Waals surface area contributed by atoms with E-state index < -0.39 is 0 Å². The molecule has 0 aliphatic rings. The first-order chi connectivity index (χ1) is 6.63. The Labute approximate surface area is 115 Å². The van der Waals surface area contributed by atoms with E-state index in [1.54, 1.807) is 0 Å². The molecule has 0 bridgehead atoms. The molecule has 0 aromatic heterocycles. The zero-order valence-electron chi connectivity index (χ0n) is 7.03. The molecule has 1 nitrogen and oxygen atoms in total. The van der Waals surface area contributed by atoms with Crippen molar-refractivity contribution in [3.63, 3.8) is 0 Å². The second-order valence-electron chi connectivity index (χ2n) is 2.53. The van der Waals surface area contributed by atoms with Crippen LogP contribution in [0.3, 0.4) is 0 Å². The molecule has 0 aliphatic carbocycles. The summed E-state index contributed by atoms with van der Waals surface area (Å²) in [7, 11) is 0. The van der Waals surface area contributed by atoms with Crippen molar-refractivity contribution >= 4 is 67.4 Å². The van der Waals surface area contributed by atoms with Crippen LogP contribution in [0.1, 0.15) is 0 Å². The second kappa shape index (κ2) is 6.20. The van der Waals surface area contributed by atoms with E-state index in [1.165, 1.54) is 9.11 Å². The van der Waals surface area contributed by atoms with Crippen LogP contribution in [0, 0.1) is 3.57 Å². The first-order valence-electron chi connectivity index (χ1n) is 3.77. The molecule has 0 spiro atoms. The molecule has 0 amide bonds. The van der Waals surface area contributed by atoms with Gasteiger partial charge < -0.3 is 5.32 Å². The van der Waals surface area contributed by atoms with E-state index in [0.717, 1.165) is 10.2 Å². The molecule has 0 fully saturated rings. The molecule has 5 heteroatoms. The summed E-state index contributed by atoms with van der Waals surface area (Å²) in [6, 6.07) is 6.04. The van der Waals surface area contributed by atoms with Gasteiger partial charge in [0, 0.05) is 24.3 Å². The summed E-state index contributed by atoms with van der Waals surface area (Å²) in [5, 5.41) is 3.74. The molecular formula is C9H7BrCl2IN. The molecule has 1 aromatic carbocycles. The number of rotatable bonds is 3. The Bertz CT molecular complexity index is 355. The molecule has 1 N–H and O–H groups in total. The fourth-order valence-electron chi connectivity index (χ4n) is 0.851. The van der Waals surface area contributed by atoms with Crippen LogP contribution < -0.4 is 5.32 Å². The quantitative estimate of drug-likeness (QED) is 0.712. The van der Waals surface area contributed by atoms with E-state index in [4.69, 9.17) is 23.2 Å². The van der Waals surface area contributed by atoms with E-state index in [0.29, 0.717) is 11.6 Å². The van der Waals surface area contributed by atoms with Crippen LogP contribution in [-0.4, -0.2) is 6.54 Å². The average Bonchev–Trinajstić information content (AvgIpc) is 2.16.